The molecule has 144 valence electrons. The van der Waals surface area contributed by atoms with Crippen LogP contribution in [-0.4, -0.2) is 27.9 Å². The molecule has 0 radical (unpaired) electrons. The Hall–Kier alpha value is -4.13. The standard InChI is InChI=1S/C22H16N2O5/c25-20-18(23-22(28)24(20)13-14-5-2-1-3-6-14)12-17-9-10-19(29-17)15-7-4-8-16(11-15)21(26)27/h1-12H,13H2,(H,23,28)(H,26,27)/b18-12-. The summed E-state index contributed by atoms with van der Waals surface area (Å²) in [6.07, 6.45) is 1.45. The average molecular weight is 388 g/mol. The number of hydrogen-bond acceptors (Lipinski definition) is 4. The predicted octanol–water partition coefficient (Wildman–Crippen LogP) is 3.74. The summed E-state index contributed by atoms with van der Waals surface area (Å²) in [4.78, 5) is 37.0. The van der Waals surface area contributed by atoms with Crippen LogP contribution in [-0.2, 0) is 11.3 Å². The van der Waals surface area contributed by atoms with Crippen LogP contribution in [0.1, 0.15) is 21.7 Å². The molecule has 4 rings (SSSR count). The number of carbonyl (C=O) groups is 3. The van der Waals surface area contributed by atoms with Crippen molar-refractivity contribution in [1.29, 1.82) is 0 Å². The van der Waals surface area contributed by atoms with Gasteiger partial charge in [0.25, 0.3) is 5.91 Å². The Bertz CT molecular complexity index is 1130. The van der Waals surface area contributed by atoms with E-state index in [4.69, 9.17) is 9.52 Å². The molecule has 29 heavy (non-hydrogen) atoms. The second-order valence-corrected chi connectivity index (χ2v) is 6.45. The first-order valence-electron chi connectivity index (χ1n) is 8.83. The maximum Gasteiger partial charge on any atom is 0.335 e. The van der Waals surface area contributed by atoms with E-state index in [1.165, 1.54) is 18.2 Å². The van der Waals surface area contributed by atoms with Crippen LogP contribution in [0.25, 0.3) is 17.4 Å². The van der Waals surface area contributed by atoms with Crippen molar-refractivity contribution in [3.8, 4) is 11.3 Å². The molecule has 7 heteroatoms. The zero-order valence-electron chi connectivity index (χ0n) is 15.2. The van der Waals surface area contributed by atoms with Gasteiger partial charge < -0.3 is 14.8 Å². The van der Waals surface area contributed by atoms with Crippen LogP contribution in [0.2, 0.25) is 0 Å². The second-order valence-electron chi connectivity index (χ2n) is 6.45. The normalized spacial score (nSPS) is 15.0. The lowest BCUT2D eigenvalue weighted by molar-refractivity contribution is -0.123. The highest BCUT2D eigenvalue weighted by atomic mass is 16.4. The Morgan fingerprint density at radius 3 is 2.59 bits per heavy atom. The number of amides is 3. The van der Waals surface area contributed by atoms with E-state index in [1.807, 2.05) is 30.3 Å². The molecular weight excluding hydrogens is 372 g/mol. The number of hydrogen-bond donors (Lipinski definition) is 2. The lowest BCUT2D eigenvalue weighted by atomic mass is 10.1. The SMILES string of the molecule is O=C(O)c1cccc(-c2ccc(/C=C3\NC(=O)N(Cc4ccccc4)C3=O)o2)c1. The van der Waals surface area contributed by atoms with Crippen LogP contribution >= 0.6 is 0 Å². The summed E-state index contributed by atoms with van der Waals surface area (Å²) < 4.78 is 5.71. The quantitative estimate of drug-likeness (QED) is 0.512. The Kier molecular flexibility index (Phi) is 4.70. The first kappa shape index (κ1) is 18.2. The van der Waals surface area contributed by atoms with Gasteiger partial charge in [-0.25, -0.2) is 9.59 Å². The number of carboxylic acids is 1. The smallest absolute Gasteiger partial charge is 0.335 e. The molecule has 1 aliphatic heterocycles. The Balaban J connectivity index is 1.55. The molecule has 1 saturated heterocycles. The number of nitrogens with one attached hydrogen (secondary N) is 1. The highest BCUT2D eigenvalue weighted by molar-refractivity contribution is 6.13. The number of rotatable bonds is 5. The van der Waals surface area contributed by atoms with E-state index < -0.39 is 17.9 Å². The van der Waals surface area contributed by atoms with E-state index >= 15 is 0 Å². The van der Waals surface area contributed by atoms with E-state index in [9.17, 15) is 14.4 Å². The Morgan fingerprint density at radius 1 is 1.03 bits per heavy atom. The largest absolute Gasteiger partial charge is 0.478 e. The monoisotopic (exact) mass is 388 g/mol. The summed E-state index contributed by atoms with van der Waals surface area (Å²) in [7, 11) is 0. The number of furan rings is 1. The fraction of sp³-hybridized carbons (Fsp3) is 0.0455. The van der Waals surface area contributed by atoms with Crippen LogP contribution in [0.5, 0.6) is 0 Å². The van der Waals surface area contributed by atoms with Gasteiger partial charge in [0.15, 0.2) is 0 Å². The summed E-state index contributed by atoms with van der Waals surface area (Å²) >= 11 is 0. The minimum Gasteiger partial charge on any atom is -0.478 e. The number of aromatic carboxylic acids is 1. The molecule has 2 aromatic carbocycles. The summed E-state index contributed by atoms with van der Waals surface area (Å²) in [6.45, 7) is 0.175. The van der Waals surface area contributed by atoms with Gasteiger partial charge in [-0.2, -0.15) is 0 Å². The van der Waals surface area contributed by atoms with E-state index in [0.29, 0.717) is 17.1 Å². The van der Waals surface area contributed by atoms with Crippen molar-refractivity contribution in [3.63, 3.8) is 0 Å². The van der Waals surface area contributed by atoms with Crippen molar-refractivity contribution >= 4 is 24.0 Å². The summed E-state index contributed by atoms with van der Waals surface area (Å²) in [5.74, 6) is -0.646. The van der Waals surface area contributed by atoms with Crippen molar-refractivity contribution < 1.29 is 23.9 Å². The Labute approximate surface area is 165 Å². The summed E-state index contributed by atoms with van der Waals surface area (Å²) in [5, 5.41) is 11.7. The van der Waals surface area contributed by atoms with Crippen molar-refractivity contribution in [2.45, 2.75) is 6.54 Å². The van der Waals surface area contributed by atoms with Gasteiger partial charge in [-0.05, 0) is 29.8 Å². The van der Waals surface area contributed by atoms with Gasteiger partial charge >= 0.3 is 12.0 Å². The molecule has 0 aliphatic carbocycles. The van der Waals surface area contributed by atoms with Gasteiger partial charge in [0, 0.05) is 11.6 Å². The van der Waals surface area contributed by atoms with Crippen molar-refractivity contribution in [1.82, 2.24) is 10.2 Å². The van der Waals surface area contributed by atoms with Crippen LogP contribution in [0, 0.1) is 0 Å². The molecule has 1 aromatic heterocycles. The zero-order chi connectivity index (χ0) is 20.4. The molecule has 7 nitrogen and oxygen atoms in total. The lowest BCUT2D eigenvalue weighted by Crippen LogP contribution is -2.30. The van der Waals surface area contributed by atoms with Gasteiger partial charge in [-0.3, -0.25) is 9.69 Å². The minimum absolute atomic E-state index is 0.117. The molecule has 3 amide bonds. The maximum absolute atomic E-state index is 12.6. The number of imide groups is 1. The predicted molar refractivity (Wildman–Crippen MR) is 105 cm³/mol. The molecule has 2 heterocycles. The number of benzene rings is 2. The van der Waals surface area contributed by atoms with Crippen molar-refractivity contribution in [2.75, 3.05) is 0 Å². The maximum atomic E-state index is 12.6. The zero-order valence-corrected chi connectivity index (χ0v) is 15.2. The topological polar surface area (TPSA) is 99.9 Å². The summed E-state index contributed by atoms with van der Waals surface area (Å²) in [5.41, 5.74) is 1.71. The molecule has 0 unspecified atom stereocenters. The van der Waals surface area contributed by atoms with Gasteiger partial charge in [0.1, 0.15) is 17.2 Å². The molecule has 2 N–H and O–H groups in total. The van der Waals surface area contributed by atoms with Crippen molar-refractivity contribution in [2.24, 2.45) is 0 Å². The molecular formula is C22H16N2O5. The van der Waals surface area contributed by atoms with E-state index in [-0.39, 0.29) is 17.8 Å². The van der Waals surface area contributed by atoms with E-state index in [2.05, 4.69) is 5.32 Å². The average Bonchev–Trinajstić information content (AvgIpc) is 3.29. The Morgan fingerprint density at radius 2 is 1.83 bits per heavy atom. The fourth-order valence-corrected chi connectivity index (χ4v) is 3.01. The van der Waals surface area contributed by atoms with Gasteiger partial charge in [-0.15, -0.1) is 0 Å². The molecule has 1 fully saturated rings. The van der Waals surface area contributed by atoms with Crippen LogP contribution in [0.4, 0.5) is 4.79 Å². The first-order chi connectivity index (χ1) is 14.0. The van der Waals surface area contributed by atoms with Crippen LogP contribution < -0.4 is 5.32 Å². The van der Waals surface area contributed by atoms with Gasteiger partial charge in [0.2, 0.25) is 0 Å². The highest BCUT2D eigenvalue weighted by Crippen LogP contribution is 2.25. The molecule has 0 saturated carbocycles. The third-order valence-corrected chi connectivity index (χ3v) is 4.45. The lowest BCUT2D eigenvalue weighted by Gasteiger charge is -2.11. The second kappa shape index (κ2) is 7.47. The third-order valence-electron chi connectivity index (χ3n) is 4.45. The molecule has 0 bridgehead atoms. The van der Waals surface area contributed by atoms with E-state index in [0.717, 1.165) is 10.5 Å². The molecule has 0 atom stereocenters. The number of nitrogens with zero attached hydrogens (tertiary/aromatic N) is 1. The van der Waals surface area contributed by atoms with Crippen molar-refractivity contribution in [3.05, 3.63) is 89.3 Å². The number of urea groups is 1. The summed E-state index contributed by atoms with van der Waals surface area (Å²) in [6, 6.07) is 18.4. The minimum atomic E-state index is -1.03. The number of carboxylic acid groups (broad SMARTS) is 1. The molecule has 1 aliphatic rings. The van der Waals surface area contributed by atoms with Crippen LogP contribution in [0.15, 0.2) is 76.8 Å². The molecule has 3 aromatic rings. The van der Waals surface area contributed by atoms with E-state index in [1.54, 1.807) is 24.3 Å². The van der Waals surface area contributed by atoms with Gasteiger partial charge in [0.05, 0.1) is 12.1 Å². The van der Waals surface area contributed by atoms with Gasteiger partial charge in [-0.1, -0.05) is 42.5 Å². The first-order valence-corrected chi connectivity index (χ1v) is 8.83. The third kappa shape index (κ3) is 3.79. The van der Waals surface area contributed by atoms with Crippen LogP contribution in [0.3, 0.4) is 0 Å². The fourth-order valence-electron chi connectivity index (χ4n) is 3.01. The molecule has 0 spiro atoms. The number of carbonyl (C=O) groups excluding carboxylic acids is 2. The highest BCUT2D eigenvalue weighted by Gasteiger charge is 2.33.